The lowest BCUT2D eigenvalue weighted by atomic mass is 10.2. The van der Waals surface area contributed by atoms with Crippen molar-refractivity contribution in [3.05, 3.63) is 6.33 Å². The summed E-state index contributed by atoms with van der Waals surface area (Å²) >= 11 is 1.40. The lowest BCUT2D eigenvalue weighted by Crippen LogP contribution is -2.40. The third-order valence-corrected chi connectivity index (χ3v) is 2.96. The van der Waals surface area contributed by atoms with E-state index in [-0.39, 0.29) is 0 Å². The van der Waals surface area contributed by atoms with Gasteiger partial charge in [0.15, 0.2) is 0 Å². The normalized spacial score (nSPS) is 11.7. The van der Waals surface area contributed by atoms with E-state index in [1.54, 1.807) is 6.33 Å². The Bertz CT molecular complexity index is 250. The van der Waals surface area contributed by atoms with Crippen molar-refractivity contribution in [2.24, 2.45) is 0 Å². The Morgan fingerprint density at radius 2 is 2.00 bits per heavy atom. The largest absolute Gasteiger partial charge is 0.359 e. The highest BCUT2D eigenvalue weighted by Gasteiger charge is 2.12. The average molecular weight is 228 g/mol. The van der Waals surface area contributed by atoms with Crippen LogP contribution in [0.2, 0.25) is 0 Å². The summed E-state index contributed by atoms with van der Waals surface area (Å²) in [6.07, 6.45) is 1.58. The van der Waals surface area contributed by atoms with E-state index >= 15 is 0 Å². The average Bonchev–Trinajstić information content (AvgIpc) is 2.63. The van der Waals surface area contributed by atoms with E-state index in [0.717, 1.165) is 18.2 Å². The minimum atomic E-state index is 0.584. The second kappa shape index (κ2) is 6.02. The first kappa shape index (κ1) is 12.4. The highest BCUT2D eigenvalue weighted by molar-refractivity contribution is 7.09. The Hall–Kier alpha value is -0.680. The Labute approximate surface area is 95.9 Å². The van der Waals surface area contributed by atoms with E-state index in [4.69, 9.17) is 0 Å². The molecule has 1 N–H and O–H groups in total. The van der Waals surface area contributed by atoms with E-state index in [2.05, 4.69) is 47.3 Å². The second-order valence-corrected chi connectivity index (χ2v) is 4.88. The summed E-state index contributed by atoms with van der Waals surface area (Å²) in [4.78, 5) is 6.53. The lowest BCUT2D eigenvalue weighted by Gasteiger charge is -2.30. The summed E-state index contributed by atoms with van der Waals surface area (Å²) in [6.45, 7) is 10.9. The summed E-state index contributed by atoms with van der Waals surface area (Å²) in [5.74, 6) is 0. The maximum absolute atomic E-state index is 4.08. The van der Waals surface area contributed by atoms with Gasteiger partial charge in [-0.1, -0.05) is 0 Å². The molecule has 0 fully saturated rings. The first-order chi connectivity index (χ1) is 7.11. The van der Waals surface area contributed by atoms with Crippen molar-refractivity contribution in [3.63, 3.8) is 0 Å². The monoisotopic (exact) mass is 228 g/mol. The second-order valence-electron chi connectivity index (χ2n) is 4.10. The van der Waals surface area contributed by atoms with Crippen LogP contribution in [0.4, 0.5) is 5.13 Å². The Morgan fingerprint density at radius 1 is 1.33 bits per heavy atom. The van der Waals surface area contributed by atoms with E-state index < -0.39 is 0 Å². The fourth-order valence-corrected chi connectivity index (χ4v) is 2.11. The van der Waals surface area contributed by atoms with Crippen LogP contribution in [-0.2, 0) is 0 Å². The number of hydrogen-bond donors (Lipinski definition) is 1. The fraction of sp³-hybridized carbons (Fsp3) is 0.800. The number of aromatic nitrogens is 2. The van der Waals surface area contributed by atoms with Crippen molar-refractivity contribution >= 4 is 16.7 Å². The molecule has 0 atom stereocenters. The summed E-state index contributed by atoms with van der Waals surface area (Å²) in [7, 11) is 0. The highest BCUT2D eigenvalue weighted by Crippen LogP contribution is 2.07. The van der Waals surface area contributed by atoms with Crippen molar-refractivity contribution in [2.75, 3.05) is 18.4 Å². The first-order valence-electron chi connectivity index (χ1n) is 5.37. The van der Waals surface area contributed by atoms with Crippen LogP contribution in [0.1, 0.15) is 27.7 Å². The Morgan fingerprint density at radius 3 is 2.47 bits per heavy atom. The molecule has 86 valence electrons. The van der Waals surface area contributed by atoms with Gasteiger partial charge in [-0.25, -0.2) is 4.98 Å². The summed E-state index contributed by atoms with van der Waals surface area (Å²) in [6, 6.07) is 1.17. The van der Waals surface area contributed by atoms with Gasteiger partial charge < -0.3 is 5.32 Å². The van der Waals surface area contributed by atoms with Gasteiger partial charge in [0, 0.05) is 36.7 Å². The zero-order valence-electron chi connectivity index (χ0n) is 9.90. The molecule has 0 unspecified atom stereocenters. The van der Waals surface area contributed by atoms with Gasteiger partial charge in [-0.2, -0.15) is 4.37 Å². The van der Waals surface area contributed by atoms with Crippen LogP contribution in [0.5, 0.6) is 0 Å². The molecule has 5 heteroatoms. The van der Waals surface area contributed by atoms with Gasteiger partial charge in [-0.05, 0) is 27.7 Å². The predicted octanol–water partition coefficient (Wildman–Crippen LogP) is 2.07. The Balaban J connectivity index is 2.28. The van der Waals surface area contributed by atoms with Crippen LogP contribution < -0.4 is 5.32 Å². The van der Waals surface area contributed by atoms with Crippen molar-refractivity contribution in [1.29, 1.82) is 0 Å². The maximum Gasteiger partial charge on any atom is 0.202 e. The van der Waals surface area contributed by atoms with Gasteiger partial charge in [-0.3, -0.25) is 4.90 Å². The standard InChI is InChI=1S/C10H20N4S/c1-8(2)14(9(3)4)6-5-11-10-12-7-13-15-10/h7-9H,5-6H2,1-4H3,(H,11,12,13). The SMILES string of the molecule is CC(C)N(CCNc1ncns1)C(C)C. The number of rotatable bonds is 6. The molecular formula is C10H20N4S. The molecule has 0 aromatic carbocycles. The van der Waals surface area contributed by atoms with Crippen LogP contribution in [0, 0.1) is 0 Å². The van der Waals surface area contributed by atoms with Crippen LogP contribution in [0.15, 0.2) is 6.33 Å². The molecule has 0 spiro atoms. The lowest BCUT2D eigenvalue weighted by molar-refractivity contribution is 0.182. The molecule has 0 aliphatic carbocycles. The van der Waals surface area contributed by atoms with Crippen LogP contribution in [0.25, 0.3) is 0 Å². The molecule has 0 aliphatic rings. The molecule has 0 saturated heterocycles. The molecule has 4 nitrogen and oxygen atoms in total. The van der Waals surface area contributed by atoms with E-state index in [9.17, 15) is 0 Å². The van der Waals surface area contributed by atoms with Gasteiger partial charge in [0.25, 0.3) is 0 Å². The molecule has 15 heavy (non-hydrogen) atoms. The predicted molar refractivity (Wildman–Crippen MR) is 65.4 cm³/mol. The molecule has 0 bridgehead atoms. The van der Waals surface area contributed by atoms with Crippen LogP contribution in [0.3, 0.4) is 0 Å². The molecule has 1 heterocycles. The topological polar surface area (TPSA) is 41.0 Å². The van der Waals surface area contributed by atoms with Crippen molar-refractivity contribution in [2.45, 2.75) is 39.8 Å². The van der Waals surface area contributed by atoms with Crippen LogP contribution >= 0.6 is 11.5 Å². The maximum atomic E-state index is 4.08. The molecule has 0 radical (unpaired) electrons. The van der Waals surface area contributed by atoms with Gasteiger partial charge in [0.05, 0.1) is 0 Å². The van der Waals surface area contributed by atoms with Crippen molar-refractivity contribution < 1.29 is 0 Å². The van der Waals surface area contributed by atoms with E-state index in [1.165, 1.54) is 11.5 Å². The number of anilines is 1. The van der Waals surface area contributed by atoms with E-state index in [0.29, 0.717) is 12.1 Å². The third kappa shape index (κ3) is 4.13. The van der Waals surface area contributed by atoms with Gasteiger partial charge >= 0.3 is 0 Å². The van der Waals surface area contributed by atoms with E-state index in [1.807, 2.05) is 0 Å². The number of nitrogens with one attached hydrogen (secondary N) is 1. The number of nitrogens with zero attached hydrogens (tertiary/aromatic N) is 3. The molecule has 0 saturated carbocycles. The zero-order valence-corrected chi connectivity index (χ0v) is 10.7. The zero-order chi connectivity index (χ0) is 11.3. The summed E-state index contributed by atoms with van der Waals surface area (Å²) in [5.41, 5.74) is 0. The summed E-state index contributed by atoms with van der Waals surface area (Å²) < 4.78 is 3.94. The van der Waals surface area contributed by atoms with Crippen LogP contribution in [-0.4, -0.2) is 39.4 Å². The van der Waals surface area contributed by atoms with Gasteiger partial charge in [-0.15, -0.1) is 0 Å². The molecule has 1 rings (SSSR count). The minimum absolute atomic E-state index is 0.584. The third-order valence-electron chi connectivity index (χ3n) is 2.33. The van der Waals surface area contributed by atoms with Crippen molar-refractivity contribution in [1.82, 2.24) is 14.3 Å². The Kier molecular flexibility index (Phi) is 4.98. The highest BCUT2D eigenvalue weighted by atomic mass is 32.1. The minimum Gasteiger partial charge on any atom is -0.359 e. The molecule has 1 aromatic rings. The summed E-state index contributed by atoms with van der Waals surface area (Å²) in [5, 5.41) is 4.17. The molecule has 0 aliphatic heterocycles. The quantitative estimate of drug-likeness (QED) is 0.809. The molecule has 1 aromatic heterocycles. The fourth-order valence-electron chi connectivity index (χ4n) is 1.66. The van der Waals surface area contributed by atoms with Gasteiger partial charge in [0.2, 0.25) is 5.13 Å². The van der Waals surface area contributed by atoms with Gasteiger partial charge in [0.1, 0.15) is 6.33 Å². The first-order valence-corrected chi connectivity index (χ1v) is 6.15. The number of hydrogen-bond acceptors (Lipinski definition) is 5. The molecule has 0 amide bonds. The molecular weight excluding hydrogens is 208 g/mol. The van der Waals surface area contributed by atoms with Crippen molar-refractivity contribution in [3.8, 4) is 0 Å². The smallest absolute Gasteiger partial charge is 0.202 e.